The Bertz CT molecular complexity index is 682. The molecule has 3 saturated heterocycles. The SMILES string of the molecule is CC1CCC2(C(=O)N([C@@H](C(=O)N3CCCC3)[C@@H](C)O)C2C)N1C(=O)OC(C)(C)C. The number of nitrogens with zero attached hydrogens (tertiary/aromatic N) is 3. The van der Waals surface area contributed by atoms with E-state index in [9.17, 15) is 19.5 Å². The van der Waals surface area contributed by atoms with E-state index >= 15 is 0 Å². The summed E-state index contributed by atoms with van der Waals surface area (Å²) in [7, 11) is 0. The molecule has 0 bridgehead atoms. The maximum absolute atomic E-state index is 13.5. The van der Waals surface area contributed by atoms with Gasteiger partial charge in [-0.3, -0.25) is 14.5 Å². The highest BCUT2D eigenvalue weighted by Gasteiger charge is 2.69. The summed E-state index contributed by atoms with van der Waals surface area (Å²) in [6, 6.07) is -1.42. The summed E-state index contributed by atoms with van der Waals surface area (Å²) in [4.78, 5) is 44.2. The second-order valence-electron chi connectivity index (χ2n) is 9.77. The van der Waals surface area contributed by atoms with Crippen LogP contribution in [0.15, 0.2) is 0 Å². The Morgan fingerprint density at radius 1 is 1.21 bits per heavy atom. The summed E-state index contributed by atoms with van der Waals surface area (Å²) in [6.45, 7) is 12.0. The van der Waals surface area contributed by atoms with Crippen LogP contribution in [0.2, 0.25) is 0 Å². The van der Waals surface area contributed by atoms with Gasteiger partial charge in [-0.2, -0.15) is 0 Å². The molecule has 5 atom stereocenters. The largest absolute Gasteiger partial charge is 0.444 e. The molecule has 0 radical (unpaired) electrons. The van der Waals surface area contributed by atoms with E-state index in [0.29, 0.717) is 25.9 Å². The predicted octanol–water partition coefficient (Wildman–Crippen LogP) is 1.75. The molecule has 3 heterocycles. The van der Waals surface area contributed by atoms with Crippen LogP contribution in [-0.4, -0.2) is 86.2 Å². The minimum absolute atomic E-state index is 0.127. The minimum Gasteiger partial charge on any atom is -0.444 e. The Hall–Kier alpha value is -1.83. The standard InChI is InChI=1S/C21H35N3O5/c1-13-9-10-21(24(13)19(28)29-20(4,5)6)15(3)23(18(21)27)16(14(2)25)17(26)22-11-7-8-12-22/h13-16,25H,7-12H2,1-6H3/t13?,14-,15?,16-,21?/m1/s1. The van der Waals surface area contributed by atoms with Gasteiger partial charge in [0.1, 0.15) is 17.2 Å². The fraction of sp³-hybridized carbons (Fsp3) is 0.857. The van der Waals surface area contributed by atoms with Gasteiger partial charge in [-0.05, 0) is 67.2 Å². The van der Waals surface area contributed by atoms with Crippen LogP contribution < -0.4 is 0 Å². The predicted molar refractivity (Wildman–Crippen MR) is 107 cm³/mol. The second kappa shape index (κ2) is 7.45. The monoisotopic (exact) mass is 409 g/mol. The summed E-state index contributed by atoms with van der Waals surface area (Å²) in [5.74, 6) is -0.471. The molecule has 164 valence electrons. The van der Waals surface area contributed by atoms with Gasteiger partial charge in [-0.1, -0.05) is 0 Å². The van der Waals surface area contributed by atoms with Gasteiger partial charge in [-0.25, -0.2) is 4.79 Å². The minimum atomic E-state index is -1.000. The number of hydrogen-bond donors (Lipinski definition) is 1. The van der Waals surface area contributed by atoms with Gasteiger partial charge in [-0.15, -0.1) is 0 Å². The number of likely N-dealkylation sites (tertiary alicyclic amines) is 3. The third-order valence-electron chi connectivity index (χ3n) is 6.54. The lowest BCUT2D eigenvalue weighted by molar-refractivity contribution is -0.186. The van der Waals surface area contributed by atoms with Crippen molar-refractivity contribution in [2.45, 2.75) is 103 Å². The number of β-lactam (4-membered cyclic amide) rings is 1. The lowest BCUT2D eigenvalue weighted by Crippen LogP contribution is -2.82. The molecular formula is C21H35N3O5. The van der Waals surface area contributed by atoms with Crippen molar-refractivity contribution < 1.29 is 24.2 Å². The molecule has 0 aromatic rings. The van der Waals surface area contributed by atoms with E-state index < -0.39 is 29.4 Å². The van der Waals surface area contributed by atoms with Gasteiger partial charge in [0, 0.05) is 19.1 Å². The molecule has 1 N–H and O–H groups in total. The van der Waals surface area contributed by atoms with E-state index in [0.717, 1.165) is 12.8 Å². The fourth-order valence-corrected chi connectivity index (χ4v) is 5.14. The van der Waals surface area contributed by atoms with Crippen LogP contribution in [0.5, 0.6) is 0 Å². The van der Waals surface area contributed by atoms with Gasteiger partial charge >= 0.3 is 6.09 Å². The zero-order chi connectivity index (χ0) is 21.7. The van der Waals surface area contributed by atoms with Crippen LogP contribution in [0.1, 0.15) is 67.2 Å². The topological polar surface area (TPSA) is 90.4 Å². The number of aliphatic hydroxyl groups excluding tert-OH is 1. The van der Waals surface area contributed by atoms with Crippen LogP contribution in [-0.2, 0) is 14.3 Å². The zero-order valence-electron chi connectivity index (χ0n) is 18.5. The van der Waals surface area contributed by atoms with E-state index in [1.165, 1.54) is 4.90 Å². The van der Waals surface area contributed by atoms with Crippen LogP contribution in [0, 0.1) is 0 Å². The summed E-state index contributed by atoms with van der Waals surface area (Å²) in [5.41, 5.74) is -1.66. The Labute approximate surface area is 173 Å². The highest BCUT2D eigenvalue weighted by Crippen LogP contribution is 2.48. The molecular weight excluding hydrogens is 374 g/mol. The number of carbonyl (C=O) groups is 3. The lowest BCUT2D eigenvalue weighted by atomic mass is 9.75. The zero-order valence-corrected chi connectivity index (χ0v) is 18.5. The average molecular weight is 410 g/mol. The number of carbonyl (C=O) groups excluding carboxylic acids is 3. The quantitative estimate of drug-likeness (QED) is 0.717. The molecule has 3 rings (SSSR count). The van der Waals surface area contributed by atoms with Crippen molar-refractivity contribution in [2.24, 2.45) is 0 Å². The number of amides is 3. The Morgan fingerprint density at radius 2 is 1.79 bits per heavy atom. The molecule has 0 saturated carbocycles. The van der Waals surface area contributed by atoms with Crippen LogP contribution in [0.3, 0.4) is 0 Å². The first kappa shape index (κ1) is 21.9. The first-order valence-electron chi connectivity index (χ1n) is 10.7. The van der Waals surface area contributed by atoms with E-state index in [-0.39, 0.29) is 23.9 Å². The van der Waals surface area contributed by atoms with Gasteiger partial charge in [0.2, 0.25) is 5.91 Å². The first-order chi connectivity index (χ1) is 13.4. The van der Waals surface area contributed by atoms with E-state index in [4.69, 9.17) is 4.74 Å². The Morgan fingerprint density at radius 3 is 2.28 bits per heavy atom. The van der Waals surface area contributed by atoms with Crippen LogP contribution >= 0.6 is 0 Å². The van der Waals surface area contributed by atoms with Crippen molar-refractivity contribution in [2.75, 3.05) is 13.1 Å². The smallest absolute Gasteiger partial charge is 0.411 e. The van der Waals surface area contributed by atoms with Crippen molar-refractivity contribution >= 4 is 17.9 Å². The van der Waals surface area contributed by atoms with Gasteiger partial charge < -0.3 is 19.6 Å². The molecule has 8 heteroatoms. The number of hydrogen-bond acceptors (Lipinski definition) is 5. The highest BCUT2D eigenvalue weighted by atomic mass is 16.6. The Balaban J connectivity index is 1.86. The molecule has 0 aliphatic carbocycles. The van der Waals surface area contributed by atoms with Crippen molar-refractivity contribution in [3.63, 3.8) is 0 Å². The third-order valence-corrected chi connectivity index (χ3v) is 6.54. The molecule has 3 aliphatic heterocycles. The van der Waals surface area contributed by atoms with Crippen LogP contribution in [0.25, 0.3) is 0 Å². The Kier molecular flexibility index (Phi) is 5.62. The van der Waals surface area contributed by atoms with E-state index in [1.807, 2.05) is 13.8 Å². The summed E-state index contributed by atoms with van der Waals surface area (Å²) >= 11 is 0. The lowest BCUT2D eigenvalue weighted by Gasteiger charge is -2.59. The third kappa shape index (κ3) is 3.49. The maximum Gasteiger partial charge on any atom is 0.411 e. The molecule has 3 fully saturated rings. The summed E-state index contributed by atoms with van der Waals surface area (Å²) in [5, 5.41) is 10.4. The van der Waals surface area contributed by atoms with Gasteiger partial charge in [0.15, 0.2) is 0 Å². The van der Waals surface area contributed by atoms with Crippen LogP contribution in [0.4, 0.5) is 4.79 Å². The number of rotatable bonds is 3. The van der Waals surface area contributed by atoms with Crippen molar-refractivity contribution in [1.82, 2.24) is 14.7 Å². The van der Waals surface area contributed by atoms with Crippen molar-refractivity contribution in [3.05, 3.63) is 0 Å². The molecule has 3 aliphatic rings. The molecule has 1 spiro atoms. The second-order valence-corrected chi connectivity index (χ2v) is 9.77. The molecule has 0 aromatic carbocycles. The van der Waals surface area contributed by atoms with Crippen molar-refractivity contribution in [3.8, 4) is 0 Å². The molecule has 0 aromatic heterocycles. The highest BCUT2D eigenvalue weighted by molar-refractivity contribution is 6.01. The van der Waals surface area contributed by atoms with Gasteiger partial charge in [0.05, 0.1) is 12.1 Å². The number of ether oxygens (including phenoxy) is 1. The van der Waals surface area contributed by atoms with E-state index in [2.05, 4.69) is 0 Å². The molecule has 8 nitrogen and oxygen atoms in total. The molecule has 3 unspecified atom stereocenters. The maximum atomic E-state index is 13.5. The first-order valence-corrected chi connectivity index (χ1v) is 10.7. The normalized spacial score (nSPS) is 31.8. The molecule has 29 heavy (non-hydrogen) atoms. The van der Waals surface area contributed by atoms with Gasteiger partial charge in [0.25, 0.3) is 5.91 Å². The number of aliphatic hydroxyl groups is 1. The average Bonchev–Trinajstić information content (AvgIpc) is 3.25. The molecule has 3 amide bonds. The summed E-state index contributed by atoms with van der Waals surface area (Å²) in [6.07, 6.45) is 1.63. The fourth-order valence-electron chi connectivity index (χ4n) is 5.14. The summed E-state index contributed by atoms with van der Waals surface area (Å²) < 4.78 is 5.58. The van der Waals surface area contributed by atoms with E-state index in [1.54, 1.807) is 37.5 Å². The van der Waals surface area contributed by atoms with Crippen molar-refractivity contribution in [1.29, 1.82) is 0 Å².